The van der Waals surface area contributed by atoms with E-state index in [2.05, 4.69) is 4.98 Å². The van der Waals surface area contributed by atoms with Gasteiger partial charge in [0.2, 0.25) is 5.75 Å². The standard InChI is InChI=1S/C16H20N2O3/c1-10-8-18-12(11(2)15(10)17)9-21-16-13(19-3)6-5-7-14(16)20-4/h5-8H,9H2,1-4H3,(H2,17,18). The number of nitrogen functional groups attached to an aromatic ring is 1. The number of benzene rings is 1. The van der Waals surface area contributed by atoms with Crippen molar-refractivity contribution in [1.29, 1.82) is 0 Å². The number of rotatable bonds is 5. The maximum atomic E-state index is 6.02. The van der Waals surface area contributed by atoms with Crippen molar-refractivity contribution in [1.82, 2.24) is 4.98 Å². The van der Waals surface area contributed by atoms with Gasteiger partial charge in [-0.15, -0.1) is 0 Å². The molecular formula is C16H20N2O3. The minimum absolute atomic E-state index is 0.299. The average Bonchev–Trinajstić information content (AvgIpc) is 2.51. The van der Waals surface area contributed by atoms with Gasteiger partial charge < -0.3 is 19.9 Å². The molecule has 0 atom stereocenters. The van der Waals surface area contributed by atoms with Crippen LogP contribution in [0.15, 0.2) is 24.4 Å². The summed E-state index contributed by atoms with van der Waals surface area (Å²) in [5, 5.41) is 0. The van der Waals surface area contributed by atoms with Crippen LogP contribution in [-0.2, 0) is 6.61 Å². The summed E-state index contributed by atoms with van der Waals surface area (Å²) in [7, 11) is 3.18. The Balaban J connectivity index is 2.26. The summed E-state index contributed by atoms with van der Waals surface area (Å²) in [6, 6.07) is 5.49. The second-order valence-electron chi connectivity index (χ2n) is 4.71. The van der Waals surface area contributed by atoms with Crippen LogP contribution >= 0.6 is 0 Å². The van der Waals surface area contributed by atoms with Crippen LogP contribution in [0.3, 0.4) is 0 Å². The number of anilines is 1. The van der Waals surface area contributed by atoms with Gasteiger partial charge in [-0.25, -0.2) is 0 Å². The molecule has 0 aliphatic heterocycles. The molecule has 0 saturated heterocycles. The molecule has 1 heterocycles. The van der Waals surface area contributed by atoms with Crippen molar-refractivity contribution in [2.24, 2.45) is 0 Å². The monoisotopic (exact) mass is 288 g/mol. The van der Waals surface area contributed by atoms with Gasteiger partial charge in [0, 0.05) is 11.9 Å². The van der Waals surface area contributed by atoms with Crippen molar-refractivity contribution < 1.29 is 14.2 Å². The fraction of sp³-hybridized carbons (Fsp3) is 0.312. The van der Waals surface area contributed by atoms with Crippen LogP contribution in [-0.4, -0.2) is 19.2 Å². The molecule has 0 unspecified atom stereocenters. The van der Waals surface area contributed by atoms with Gasteiger partial charge in [-0.1, -0.05) is 6.07 Å². The Bertz CT molecular complexity index is 619. The number of nitrogens with zero attached hydrogens (tertiary/aromatic N) is 1. The van der Waals surface area contributed by atoms with Crippen molar-refractivity contribution in [2.75, 3.05) is 20.0 Å². The van der Waals surface area contributed by atoms with Crippen LogP contribution in [0.5, 0.6) is 17.2 Å². The number of hydrogen-bond donors (Lipinski definition) is 1. The molecule has 0 aliphatic carbocycles. The Labute approximate surface area is 124 Å². The van der Waals surface area contributed by atoms with Gasteiger partial charge in [-0.05, 0) is 37.1 Å². The summed E-state index contributed by atoms with van der Waals surface area (Å²) >= 11 is 0. The Hall–Kier alpha value is -2.43. The zero-order chi connectivity index (χ0) is 15.4. The summed E-state index contributed by atoms with van der Waals surface area (Å²) < 4.78 is 16.4. The quantitative estimate of drug-likeness (QED) is 0.916. The Morgan fingerprint density at radius 2 is 1.71 bits per heavy atom. The summed E-state index contributed by atoms with van der Waals surface area (Å²) in [6.45, 7) is 4.17. The number of aromatic nitrogens is 1. The van der Waals surface area contributed by atoms with E-state index in [4.69, 9.17) is 19.9 Å². The maximum absolute atomic E-state index is 6.02. The number of nitrogens with two attached hydrogens (primary N) is 1. The number of ether oxygens (including phenoxy) is 3. The fourth-order valence-electron chi connectivity index (χ4n) is 2.04. The van der Waals surface area contributed by atoms with E-state index in [1.54, 1.807) is 20.4 Å². The molecule has 1 aromatic heterocycles. The van der Waals surface area contributed by atoms with Crippen LogP contribution in [0.25, 0.3) is 0 Å². The molecule has 0 radical (unpaired) electrons. The SMILES string of the molecule is COc1cccc(OC)c1OCc1ncc(C)c(N)c1C. The summed E-state index contributed by atoms with van der Waals surface area (Å²) in [5.74, 6) is 1.79. The van der Waals surface area contributed by atoms with Gasteiger partial charge in [0.05, 0.1) is 19.9 Å². The highest BCUT2D eigenvalue weighted by molar-refractivity contribution is 5.54. The molecule has 0 amide bonds. The molecule has 5 nitrogen and oxygen atoms in total. The van der Waals surface area contributed by atoms with E-state index >= 15 is 0 Å². The van der Waals surface area contributed by atoms with Crippen molar-refractivity contribution >= 4 is 5.69 Å². The van der Waals surface area contributed by atoms with Gasteiger partial charge in [-0.2, -0.15) is 0 Å². The number of methoxy groups -OCH3 is 2. The van der Waals surface area contributed by atoms with Crippen LogP contribution in [0.4, 0.5) is 5.69 Å². The average molecular weight is 288 g/mol. The third-order valence-corrected chi connectivity index (χ3v) is 3.41. The predicted octanol–water partition coefficient (Wildman–Crippen LogP) is 2.88. The van der Waals surface area contributed by atoms with Crippen LogP contribution < -0.4 is 19.9 Å². The lowest BCUT2D eigenvalue weighted by atomic mass is 10.1. The zero-order valence-corrected chi connectivity index (χ0v) is 12.8. The molecule has 2 aromatic rings. The highest BCUT2D eigenvalue weighted by Gasteiger charge is 2.13. The smallest absolute Gasteiger partial charge is 0.203 e. The van der Waals surface area contributed by atoms with Crippen molar-refractivity contribution in [3.63, 3.8) is 0 Å². The van der Waals surface area contributed by atoms with E-state index in [0.29, 0.717) is 23.9 Å². The molecule has 1 aromatic carbocycles. The van der Waals surface area contributed by atoms with E-state index in [9.17, 15) is 0 Å². The van der Waals surface area contributed by atoms with Crippen molar-refractivity contribution in [3.8, 4) is 17.2 Å². The van der Waals surface area contributed by atoms with Gasteiger partial charge in [-0.3, -0.25) is 4.98 Å². The number of para-hydroxylation sites is 1. The first-order valence-corrected chi connectivity index (χ1v) is 6.62. The first kappa shape index (κ1) is 15.0. The number of aryl methyl sites for hydroxylation is 1. The molecule has 5 heteroatoms. The van der Waals surface area contributed by atoms with E-state index < -0.39 is 0 Å². The Morgan fingerprint density at radius 3 is 2.29 bits per heavy atom. The molecule has 0 aliphatic rings. The Morgan fingerprint density at radius 1 is 1.10 bits per heavy atom. The minimum atomic E-state index is 0.299. The van der Waals surface area contributed by atoms with Gasteiger partial charge in [0.15, 0.2) is 11.5 Å². The molecule has 21 heavy (non-hydrogen) atoms. The lowest BCUT2D eigenvalue weighted by Gasteiger charge is -2.15. The van der Waals surface area contributed by atoms with E-state index in [1.807, 2.05) is 32.0 Å². The molecule has 112 valence electrons. The molecule has 2 N–H and O–H groups in total. The van der Waals surface area contributed by atoms with Crippen LogP contribution in [0, 0.1) is 13.8 Å². The van der Waals surface area contributed by atoms with Gasteiger partial charge in [0.1, 0.15) is 6.61 Å². The Kier molecular flexibility index (Phi) is 4.52. The van der Waals surface area contributed by atoms with E-state index in [-0.39, 0.29) is 0 Å². The van der Waals surface area contributed by atoms with Gasteiger partial charge >= 0.3 is 0 Å². The first-order valence-electron chi connectivity index (χ1n) is 6.62. The lowest BCUT2D eigenvalue weighted by molar-refractivity contribution is 0.262. The third-order valence-electron chi connectivity index (χ3n) is 3.41. The summed E-state index contributed by atoms with van der Waals surface area (Å²) in [6.07, 6.45) is 1.75. The fourth-order valence-corrected chi connectivity index (χ4v) is 2.04. The number of pyridine rings is 1. The molecule has 0 saturated carbocycles. The second-order valence-corrected chi connectivity index (χ2v) is 4.71. The molecule has 2 rings (SSSR count). The molecule has 0 spiro atoms. The highest BCUT2D eigenvalue weighted by atomic mass is 16.5. The summed E-state index contributed by atoms with van der Waals surface area (Å²) in [4.78, 5) is 4.38. The second kappa shape index (κ2) is 6.35. The van der Waals surface area contributed by atoms with Crippen molar-refractivity contribution in [2.45, 2.75) is 20.5 Å². The zero-order valence-electron chi connectivity index (χ0n) is 12.8. The maximum Gasteiger partial charge on any atom is 0.203 e. The van der Waals surface area contributed by atoms with E-state index in [1.165, 1.54) is 0 Å². The normalized spacial score (nSPS) is 10.3. The molecule has 0 fully saturated rings. The van der Waals surface area contributed by atoms with E-state index in [0.717, 1.165) is 22.5 Å². The largest absolute Gasteiger partial charge is 0.493 e. The minimum Gasteiger partial charge on any atom is -0.493 e. The highest BCUT2D eigenvalue weighted by Crippen LogP contribution is 2.37. The molecule has 0 bridgehead atoms. The summed E-state index contributed by atoms with van der Waals surface area (Å²) in [5.41, 5.74) is 9.46. The molecular weight excluding hydrogens is 268 g/mol. The van der Waals surface area contributed by atoms with Crippen molar-refractivity contribution in [3.05, 3.63) is 41.2 Å². The van der Waals surface area contributed by atoms with Crippen LogP contribution in [0.1, 0.15) is 16.8 Å². The van der Waals surface area contributed by atoms with Crippen LogP contribution in [0.2, 0.25) is 0 Å². The number of hydrogen-bond acceptors (Lipinski definition) is 5. The first-order chi connectivity index (χ1) is 10.1. The topological polar surface area (TPSA) is 66.6 Å². The van der Waals surface area contributed by atoms with Gasteiger partial charge in [0.25, 0.3) is 0 Å². The predicted molar refractivity (Wildman–Crippen MR) is 82.0 cm³/mol. The third kappa shape index (κ3) is 3.02. The lowest BCUT2D eigenvalue weighted by Crippen LogP contribution is -2.06.